The molecule has 0 saturated heterocycles. The van der Waals surface area contributed by atoms with Crippen molar-refractivity contribution in [2.75, 3.05) is 11.6 Å². The van der Waals surface area contributed by atoms with Crippen molar-refractivity contribution in [3.05, 3.63) is 46.0 Å². The molecule has 27 heavy (non-hydrogen) atoms. The van der Waals surface area contributed by atoms with Crippen molar-refractivity contribution in [2.45, 2.75) is 30.9 Å². The lowest BCUT2D eigenvalue weighted by atomic mass is 10.0. The molecule has 11 heteroatoms. The SMILES string of the molecule is CSC(C)C(=O)Nc1ncc(Cc2cc(C(F)(F)F)cc(C(F)(F)F)c2)s1. The highest BCUT2D eigenvalue weighted by Gasteiger charge is 2.36. The molecule has 148 valence electrons. The van der Waals surface area contributed by atoms with Crippen LogP contribution in [0.4, 0.5) is 31.5 Å². The third-order valence-electron chi connectivity index (χ3n) is 3.53. The number of rotatable bonds is 5. The summed E-state index contributed by atoms with van der Waals surface area (Å²) < 4.78 is 77.4. The van der Waals surface area contributed by atoms with Crippen LogP contribution in [0.15, 0.2) is 24.4 Å². The molecular formula is C16H14F6N2OS2. The van der Waals surface area contributed by atoms with E-state index in [2.05, 4.69) is 10.3 Å². The van der Waals surface area contributed by atoms with Gasteiger partial charge in [-0.05, 0) is 36.9 Å². The molecule has 0 saturated carbocycles. The predicted molar refractivity (Wildman–Crippen MR) is 93.0 cm³/mol. The van der Waals surface area contributed by atoms with E-state index in [0.717, 1.165) is 11.3 Å². The zero-order chi connectivity index (χ0) is 20.4. The highest BCUT2D eigenvalue weighted by molar-refractivity contribution is 7.99. The zero-order valence-electron chi connectivity index (χ0n) is 14.0. The van der Waals surface area contributed by atoms with Crippen LogP contribution < -0.4 is 5.32 Å². The minimum Gasteiger partial charge on any atom is -0.301 e. The molecule has 1 heterocycles. The van der Waals surface area contributed by atoms with E-state index in [-0.39, 0.29) is 34.3 Å². The van der Waals surface area contributed by atoms with E-state index in [1.165, 1.54) is 18.0 Å². The van der Waals surface area contributed by atoms with Crippen molar-refractivity contribution in [1.29, 1.82) is 0 Å². The number of aromatic nitrogens is 1. The van der Waals surface area contributed by atoms with Gasteiger partial charge < -0.3 is 5.32 Å². The summed E-state index contributed by atoms with van der Waals surface area (Å²) in [7, 11) is 0. The van der Waals surface area contributed by atoms with Crippen molar-refractivity contribution in [1.82, 2.24) is 4.98 Å². The molecule has 0 spiro atoms. The maximum Gasteiger partial charge on any atom is 0.416 e. The van der Waals surface area contributed by atoms with Crippen molar-refractivity contribution in [3.63, 3.8) is 0 Å². The number of hydrogen-bond acceptors (Lipinski definition) is 4. The van der Waals surface area contributed by atoms with E-state index in [0.29, 0.717) is 17.0 Å². The Balaban J connectivity index is 2.26. The summed E-state index contributed by atoms with van der Waals surface area (Å²) >= 11 is 2.32. The Morgan fingerprint density at radius 3 is 2.19 bits per heavy atom. The summed E-state index contributed by atoms with van der Waals surface area (Å²) in [5, 5.41) is 2.47. The molecule has 1 aromatic carbocycles. The minimum atomic E-state index is -4.89. The predicted octanol–water partition coefficient (Wildman–Crippen LogP) is 5.46. The first-order valence-electron chi connectivity index (χ1n) is 7.47. The molecule has 0 aliphatic heterocycles. The van der Waals surface area contributed by atoms with Gasteiger partial charge in [-0.2, -0.15) is 38.1 Å². The second kappa shape index (κ2) is 8.09. The fourth-order valence-corrected chi connectivity index (χ4v) is 3.21. The summed E-state index contributed by atoms with van der Waals surface area (Å²) in [6, 6.07) is 1.46. The Morgan fingerprint density at radius 1 is 1.15 bits per heavy atom. The van der Waals surface area contributed by atoms with Crippen LogP contribution in [0.25, 0.3) is 0 Å². The van der Waals surface area contributed by atoms with Gasteiger partial charge in [-0.15, -0.1) is 11.3 Å². The average molecular weight is 428 g/mol. The number of nitrogens with zero attached hydrogens (tertiary/aromatic N) is 1. The van der Waals surface area contributed by atoms with Crippen molar-refractivity contribution < 1.29 is 31.1 Å². The highest BCUT2D eigenvalue weighted by Crippen LogP contribution is 2.37. The first kappa shape index (κ1) is 21.5. The van der Waals surface area contributed by atoms with Gasteiger partial charge in [-0.25, -0.2) is 4.98 Å². The van der Waals surface area contributed by atoms with E-state index in [9.17, 15) is 31.1 Å². The molecule has 1 atom stereocenters. The first-order valence-corrected chi connectivity index (χ1v) is 9.57. The number of thiazole rings is 1. The van der Waals surface area contributed by atoms with E-state index < -0.39 is 23.5 Å². The van der Waals surface area contributed by atoms with Crippen LogP contribution in [-0.4, -0.2) is 22.4 Å². The number of alkyl halides is 6. The summed E-state index contributed by atoms with van der Waals surface area (Å²) in [6.45, 7) is 1.69. The van der Waals surface area contributed by atoms with Crippen LogP contribution in [0.2, 0.25) is 0 Å². The molecule has 1 unspecified atom stereocenters. The molecule has 1 amide bonds. The standard InChI is InChI=1S/C16H14F6N2OS2/c1-8(26-2)13(25)24-14-23-7-12(27-14)5-9-3-10(15(17,18)19)6-11(4-9)16(20,21)22/h3-4,6-8H,5H2,1-2H3,(H,23,24,25). The van der Waals surface area contributed by atoms with Crippen molar-refractivity contribution in [2.24, 2.45) is 0 Å². The van der Waals surface area contributed by atoms with Crippen LogP contribution in [-0.2, 0) is 23.6 Å². The monoisotopic (exact) mass is 428 g/mol. The normalized spacial score (nSPS) is 13.5. The molecule has 1 N–H and O–H groups in total. The number of nitrogens with one attached hydrogen (secondary N) is 1. The maximum absolute atomic E-state index is 12.9. The Labute approximate surface area is 159 Å². The summed E-state index contributed by atoms with van der Waals surface area (Å²) in [5.74, 6) is -0.290. The minimum absolute atomic E-state index is 0.0889. The van der Waals surface area contributed by atoms with Gasteiger partial charge in [-0.1, -0.05) is 0 Å². The lowest BCUT2D eigenvalue weighted by Gasteiger charge is -2.13. The van der Waals surface area contributed by atoms with E-state index in [4.69, 9.17) is 0 Å². The molecule has 3 nitrogen and oxygen atoms in total. The Morgan fingerprint density at radius 2 is 1.70 bits per heavy atom. The van der Waals surface area contributed by atoms with E-state index >= 15 is 0 Å². The molecule has 0 aliphatic rings. The average Bonchev–Trinajstić information content (AvgIpc) is 2.98. The van der Waals surface area contributed by atoms with Crippen molar-refractivity contribution >= 4 is 34.1 Å². The van der Waals surface area contributed by atoms with Gasteiger partial charge in [0.25, 0.3) is 0 Å². The quantitative estimate of drug-likeness (QED) is 0.643. The highest BCUT2D eigenvalue weighted by atomic mass is 32.2. The summed E-state index contributed by atoms with van der Waals surface area (Å²) in [6.07, 6.45) is -6.88. The van der Waals surface area contributed by atoms with Gasteiger partial charge in [0.1, 0.15) is 0 Å². The molecular weight excluding hydrogens is 414 g/mol. The summed E-state index contributed by atoms with van der Waals surface area (Å²) in [5.41, 5.74) is -2.87. The number of thioether (sulfide) groups is 1. The van der Waals surface area contributed by atoms with Gasteiger partial charge in [0.2, 0.25) is 5.91 Å². The second-order valence-corrected chi connectivity index (χ2v) is 7.88. The third-order valence-corrected chi connectivity index (χ3v) is 5.37. The molecule has 2 aromatic rings. The van der Waals surface area contributed by atoms with Gasteiger partial charge in [0.05, 0.1) is 16.4 Å². The summed E-state index contributed by atoms with van der Waals surface area (Å²) in [4.78, 5) is 16.2. The molecule has 2 rings (SSSR count). The molecule has 0 aliphatic carbocycles. The second-order valence-electron chi connectivity index (χ2n) is 5.59. The van der Waals surface area contributed by atoms with Crippen LogP contribution in [0.1, 0.15) is 28.5 Å². The van der Waals surface area contributed by atoms with Gasteiger partial charge in [-0.3, -0.25) is 4.79 Å². The third kappa shape index (κ3) is 5.86. The molecule has 1 aromatic heterocycles. The lowest BCUT2D eigenvalue weighted by Crippen LogP contribution is -2.21. The van der Waals surface area contributed by atoms with Crippen LogP contribution in [0.3, 0.4) is 0 Å². The van der Waals surface area contributed by atoms with E-state index in [1.54, 1.807) is 13.2 Å². The number of carbonyl (C=O) groups is 1. The largest absolute Gasteiger partial charge is 0.416 e. The van der Waals surface area contributed by atoms with Gasteiger partial charge >= 0.3 is 12.4 Å². The molecule has 0 fully saturated rings. The fraction of sp³-hybridized carbons (Fsp3) is 0.375. The number of halogens is 6. The fourth-order valence-electron chi connectivity index (χ4n) is 2.08. The first-order chi connectivity index (χ1) is 12.4. The van der Waals surface area contributed by atoms with Crippen LogP contribution >= 0.6 is 23.1 Å². The Hall–Kier alpha value is -1.75. The smallest absolute Gasteiger partial charge is 0.301 e. The number of hydrogen-bond donors (Lipinski definition) is 1. The van der Waals surface area contributed by atoms with Gasteiger partial charge in [0.15, 0.2) is 5.13 Å². The number of anilines is 1. The zero-order valence-corrected chi connectivity index (χ0v) is 15.7. The van der Waals surface area contributed by atoms with Crippen LogP contribution in [0, 0.1) is 0 Å². The number of amides is 1. The lowest BCUT2D eigenvalue weighted by molar-refractivity contribution is -0.143. The Bertz CT molecular complexity index is 784. The maximum atomic E-state index is 12.9. The molecule has 0 bridgehead atoms. The van der Waals surface area contributed by atoms with Crippen molar-refractivity contribution in [3.8, 4) is 0 Å². The van der Waals surface area contributed by atoms with Crippen LogP contribution in [0.5, 0.6) is 0 Å². The van der Waals surface area contributed by atoms with E-state index in [1.807, 2.05) is 0 Å². The number of carbonyl (C=O) groups excluding carboxylic acids is 1. The Kier molecular flexibility index (Phi) is 6.46. The topological polar surface area (TPSA) is 42.0 Å². The molecule has 0 radical (unpaired) electrons. The van der Waals surface area contributed by atoms with Gasteiger partial charge in [0, 0.05) is 17.5 Å². The number of benzene rings is 1.